The third-order valence-corrected chi connectivity index (χ3v) is 0. The first-order valence-electron chi connectivity index (χ1n) is 0.716. The Hall–Kier alpha value is 0.0414. The molecule has 0 heterocycles. The molecule has 1 N–H and O–H groups in total. The number of hydrogen-bond acceptors (Lipinski definition) is 1. The quantitative estimate of drug-likeness (QED) is 0.445. The van der Waals surface area contributed by atoms with Gasteiger partial charge in [-0.1, -0.05) is 0 Å². The van der Waals surface area contributed by atoms with E-state index in [1.807, 2.05) is 0 Å². The molecule has 29 valence electrons. The standard InChI is InChI=1S/CHBO2.Co/c2-1(3)4;/h(H,3,4);. The van der Waals surface area contributed by atoms with Gasteiger partial charge in [-0.2, -0.15) is 0 Å². The monoisotopic (exact) mass is 115 g/mol. The fourth-order valence-corrected chi connectivity index (χ4v) is 0. The van der Waals surface area contributed by atoms with Gasteiger partial charge in [0.05, 0.1) is 0 Å². The van der Waals surface area contributed by atoms with Crippen LogP contribution in [0.5, 0.6) is 0 Å². The zero-order chi connectivity index (χ0) is 3.58. The minimum absolute atomic E-state index is 0. The molecule has 0 saturated heterocycles. The summed E-state index contributed by atoms with van der Waals surface area (Å²) in [6.07, 6.45) is 0. The SMILES string of the molecule is [B]C(=O)O.[Co]. The average Bonchev–Trinajstić information content (AvgIpc) is 0.811. The minimum Gasteiger partial charge on any atom is -0.490 e. The van der Waals surface area contributed by atoms with Gasteiger partial charge in [-0.3, -0.25) is 4.79 Å². The van der Waals surface area contributed by atoms with Crippen LogP contribution in [-0.4, -0.2) is 18.8 Å². The summed E-state index contributed by atoms with van der Waals surface area (Å²) in [7, 11) is 4.03. The minimum atomic E-state index is -1.33. The van der Waals surface area contributed by atoms with Gasteiger partial charge >= 0.3 is 0 Å². The van der Waals surface area contributed by atoms with Gasteiger partial charge in [0.1, 0.15) is 0 Å². The number of carbonyl (C=O) groups is 1. The molecule has 0 aliphatic carbocycles. The smallest absolute Gasteiger partial charge is 0.233 e. The second-order valence-corrected chi connectivity index (χ2v) is 0.338. The Balaban J connectivity index is 0. The van der Waals surface area contributed by atoms with Crippen LogP contribution in [0.1, 0.15) is 0 Å². The second-order valence-electron chi connectivity index (χ2n) is 0.338. The molecule has 0 aromatic rings. The van der Waals surface area contributed by atoms with Crippen LogP contribution in [0.25, 0.3) is 0 Å². The third-order valence-electron chi connectivity index (χ3n) is 0. The molecule has 5 heavy (non-hydrogen) atoms. The van der Waals surface area contributed by atoms with Crippen molar-refractivity contribution in [1.82, 2.24) is 0 Å². The topological polar surface area (TPSA) is 37.3 Å². The van der Waals surface area contributed by atoms with E-state index in [0.29, 0.717) is 0 Å². The van der Waals surface area contributed by atoms with Crippen LogP contribution in [0.2, 0.25) is 0 Å². The fraction of sp³-hybridized carbons (Fsp3) is 0. The summed E-state index contributed by atoms with van der Waals surface area (Å²) >= 11 is 0. The van der Waals surface area contributed by atoms with Crippen molar-refractivity contribution in [2.75, 3.05) is 0 Å². The van der Waals surface area contributed by atoms with E-state index in [0.717, 1.165) is 0 Å². The molecule has 0 amide bonds. The summed E-state index contributed by atoms with van der Waals surface area (Å²) in [5.74, 6) is -1.33. The third kappa shape index (κ3) is 9810. The molecule has 3 radical (unpaired) electrons. The van der Waals surface area contributed by atoms with Gasteiger partial charge in [0.15, 0.2) is 0 Å². The zero-order valence-corrected chi connectivity index (χ0v) is 3.31. The Morgan fingerprint density at radius 1 is 1.80 bits per heavy atom. The van der Waals surface area contributed by atoms with Gasteiger partial charge in [-0.05, 0) is 0 Å². The molecular weight excluding hydrogens is 114 g/mol. The van der Waals surface area contributed by atoms with Gasteiger partial charge in [0, 0.05) is 16.8 Å². The van der Waals surface area contributed by atoms with E-state index in [2.05, 4.69) is 7.85 Å². The molecule has 0 aliphatic heterocycles. The van der Waals surface area contributed by atoms with Crippen molar-refractivity contribution < 1.29 is 26.7 Å². The maximum atomic E-state index is 8.78. The van der Waals surface area contributed by atoms with Gasteiger partial charge in [-0.25, -0.2) is 0 Å². The van der Waals surface area contributed by atoms with Crippen molar-refractivity contribution >= 4 is 13.7 Å². The van der Waals surface area contributed by atoms with Crippen LogP contribution in [0, 0.1) is 0 Å². The molecule has 0 aromatic carbocycles. The first-order chi connectivity index (χ1) is 1.73. The first kappa shape index (κ1) is 8.90. The molecule has 0 aliphatic rings. The fourth-order valence-electron chi connectivity index (χ4n) is 0. The summed E-state index contributed by atoms with van der Waals surface area (Å²) in [4.78, 5) is 8.78. The molecule has 0 bridgehead atoms. The second kappa shape index (κ2) is 4.04. The zero-order valence-electron chi connectivity index (χ0n) is 2.27. The Labute approximate surface area is 41.2 Å². The van der Waals surface area contributed by atoms with Crippen LogP contribution >= 0.6 is 0 Å². The van der Waals surface area contributed by atoms with Crippen LogP contribution in [0.15, 0.2) is 0 Å². The number of hydrogen-bond donors (Lipinski definition) is 1. The predicted octanol–water partition coefficient (Wildman–Crippen LogP) is -0.170. The van der Waals surface area contributed by atoms with Crippen molar-refractivity contribution in [3.63, 3.8) is 0 Å². The van der Waals surface area contributed by atoms with E-state index in [9.17, 15) is 0 Å². The van der Waals surface area contributed by atoms with E-state index in [1.54, 1.807) is 0 Å². The van der Waals surface area contributed by atoms with Crippen molar-refractivity contribution in [1.29, 1.82) is 0 Å². The maximum absolute atomic E-state index is 8.78. The summed E-state index contributed by atoms with van der Waals surface area (Å²) in [5.41, 5.74) is 0. The van der Waals surface area contributed by atoms with Gasteiger partial charge in [0.25, 0.3) is 0 Å². The van der Waals surface area contributed by atoms with E-state index in [4.69, 9.17) is 9.90 Å². The largest absolute Gasteiger partial charge is 0.490 e. The Kier molecular flexibility index (Phi) is 7.20. The van der Waals surface area contributed by atoms with Crippen LogP contribution in [0.4, 0.5) is 4.79 Å². The molecule has 2 nitrogen and oxygen atoms in total. The van der Waals surface area contributed by atoms with E-state index >= 15 is 0 Å². The van der Waals surface area contributed by atoms with Crippen molar-refractivity contribution in [2.45, 2.75) is 0 Å². The van der Waals surface area contributed by atoms with E-state index < -0.39 is 5.87 Å². The molecule has 0 atom stereocenters. The summed E-state index contributed by atoms with van der Waals surface area (Å²) in [5, 5.41) is 7.19. The normalized spacial score (nSPS) is 4.80. The van der Waals surface area contributed by atoms with Crippen LogP contribution in [-0.2, 0) is 16.8 Å². The molecule has 0 spiro atoms. The van der Waals surface area contributed by atoms with Gasteiger partial charge < -0.3 is 5.11 Å². The van der Waals surface area contributed by atoms with Crippen molar-refractivity contribution in [3.8, 4) is 0 Å². The number of rotatable bonds is 0. The Morgan fingerprint density at radius 3 is 1.80 bits per heavy atom. The molecule has 0 rings (SSSR count). The van der Waals surface area contributed by atoms with Crippen molar-refractivity contribution in [2.24, 2.45) is 0 Å². The Bertz CT molecular complexity index is 32.6. The number of carboxylic acid groups (broad SMARTS) is 1. The Morgan fingerprint density at radius 2 is 1.80 bits per heavy atom. The van der Waals surface area contributed by atoms with Gasteiger partial charge in [0.2, 0.25) is 13.7 Å². The molecule has 0 saturated carbocycles. The molecule has 0 unspecified atom stereocenters. The summed E-state index contributed by atoms with van der Waals surface area (Å²) in [6.45, 7) is 0. The van der Waals surface area contributed by atoms with E-state index in [-0.39, 0.29) is 16.8 Å². The molecule has 0 aromatic heterocycles. The van der Waals surface area contributed by atoms with Crippen molar-refractivity contribution in [3.05, 3.63) is 0 Å². The summed E-state index contributed by atoms with van der Waals surface area (Å²) < 4.78 is 0. The molecular formula is CHBCoO2. The van der Waals surface area contributed by atoms with Gasteiger partial charge in [-0.15, -0.1) is 0 Å². The summed E-state index contributed by atoms with van der Waals surface area (Å²) in [6, 6.07) is 0. The predicted molar refractivity (Wildman–Crippen MR) is 13.8 cm³/mol. The average molecular weight is 115 g/mol. The molecule has 4 heteroatoms. The van der Waals surface area contributed by atoms with Crippen LogP contribution < -0.4 is 0 Å². The maximum Gasteiger partial charge on any atom is 0.233 e. The van der Waals surface area contributed by atoms with Crippen LogP contribution in [0.3, 0.4) is 0 Å². The van der Waals surface area contributed by atoms with E-state index in [1.165, 1.54) is 0 Å². The first-order valence-corrected chi connectivity index (χ1v) is 0.716. The molecule has 0 fully saturated rings.